The highest BCUT2D eigenvalue weighted by Crippen LogP contribution is 2.30. The molecule has 0 aliphatic heterocycles. The molecule has 1 aromatic carbocycles. The number of carboxylic acids is 1. The van der Waals surface area contributed by atoms with Crippen LogP contribution in [-0.2, 0) is 4.79 Å². The highest BCUT2D eigenvalue weighted by Gasteiger charge is 2.27. The van der Waals surface area contributed by atoms with Crippen molar-refractivity contribution in [2.24, 2.45) is 0 Å². The van der Waals surface area contributed by atoms with E-state index in [4.69, 9.17) is 9.84 Å². The van der Waals surface area contributed by atoms with Crippen molar-refractivity contribution < 1.29 is 14.6 Å². The van der Waals surface area contributed by atoms with E-state index in [1.54, 1.807) is 33.1 Å². The molecule has 5 heteroatoms. The van der Waals surface area contributed by atoms with Gasteiger partial charge in [-0.25, -0.2) is 4.79 Å². The number of benzene rings is 1. The zero-order valence-corrected chi connectivity index (χ0v) is 11.0. The Hall–Kier alpha value is -1.23. The first-order chi connectivity index (χ1) is 7.36. The summed E-state index contributed by atoms with van der Waals surface area (Å²) in [4.78, 5) is 11.0. The molecule has 0 radical (unpaired) electrons. The molecule has 16 heavy (non-hydrogen) atoms. The van der Waals surface area contributed by atoms with Crippen LogP contribution in [0, 0.1) is 0 Å². The minimum atomic E-state index is -1.05. The topological polar surface area (TPSA) is 58.6 Å². The number of aliphatic carboxylic acids is 1. The van der Waals surface area contributed by atoms with Gasteiger partial charge in [0.15, 0.2) is 0 Å². The lowest BCUT2D eigenvalue weighted by Gasteiger charge is -2.23. The van der Waals surface area contributed by atoms with Gasteiger partial charge in [-0.05, 0) is 32.0 Å². The second kappa shape index (κ2) is 4.74. The lowest BCUT2D eigenvalue weighted by atomic mass is 10.1. The number of ether oxygens (including phenoxy) is 1. The lowest BCUT2D eigenvalue weighted by molar-refractivity contribution is -0.141. The molecule has 0 spiro atoms. The number of rotatable bonds is 4. The van der Waals surface area contributed by atoms with Crippen molar-refractivity contribution in [3.63, 3.8) is 0 Å². The Morgan fingerprint density at radius 2 is 2.12 bits per heavy atom. The molecule has 0 amide bonds. The van der Waals surface area contributed by atoms with Gasteiger partial charge in [-0.1, -0.05) is 15.9 Å². The lowest BCUT2D eigenvalue weighted by Crippen LogP contribution is -2.40. The average Bonchev–Trinajstić information content (AvgIpc) is 2.17. The van der Waals surface area contributed by atoms with Crippen molar-refractivity contribution in [2.45, 2.75) is 19.4 Å². The van der Waals surface area contributed by atoms with E-state index in [9.17, 15) is 4.79 Å². The molecule has 0 unspecified atom stereocenters. The third kappa shape index (κ3) is 2.88. The van der Waals surface area contributed by atoms with Crippen molar-refractivity contribution in [3.05, 3.63) is 22.7 Å². The van der Waals surface area contributed by atoms with Crippen LogP contribution in [0.1, 0.15) is 13.8 Å². The van der Waals surface area contributed by atoms with Crippen LogP contribution in [0.5, 0.6) is 5.75 Å². The van der Waals surface area contributed by atoms with Gasteiger partial charge >= 0.3 is 5.97 Å². The van der Waals surface area contributed by atoms with Crippen LogP contribution in [0.25, 0.3) is 0 Å². The van der Waals surface area contributed by atoms with E-state index >= 15 is 0 Å². The van der Waals surface area contributed by atoms with Crippen molar-refractivity contribution in [1.29, 1.82) is 0 Å². The first-order valence-electron chi connectivity index (χ1n) is 4.72. The number of nitrogens with one attached hydrogen (secondary N) is 1. The molecule has 4 nitrogen and oxygen atoms in total. The van der Waals surface area contributed by atoms with Crippen LogP contribution >= 0.6 is 15.9 Å². The molecular formula is C11H14BrNO3. The number of halogens is 1. The summed E-state index contributed by atoms with van der Waals surface area (Å²) in [6.45, 7) is 3.19. The molecule has 0 saturated heterocycles. The van der Waals surface area contributed by atoms with Crippen LogP contribution in [0.2, 0.25) is 0 Å². The predicted molar refractivity (Wildman–Crippen MR) is 66.0 cm³/mol. The van der Waals surface area contributed by atoms with Crippen LogP contribution in [0.4, 0.5) is 5.69 Å². The van der Waals surface area contributed by atoms with E-state index in [1.165, 1.54) is 0 Å². The Kier molecular flexibility index (Phi) is 3.80. The fraction of sp³-hybridized carbons (Fsp3) is 0.364. The van der Waals surface area contributed by atoms with Crippen LogP contribution < -0.4 is 10.1 Å². The van der Waals surface area contributed by atoms with Gasteiger partial charge in [-0.15, -0.1) is 0 Å². The van der Waals surface area contributed by atoms with E-state index < -0.39 is 11.5 Å². The Balaban J connectivity index is 3.04. The Labute approximate surface area is 103 Å². The van der Waals surface area contributed by atoms with E-state index in [0.29, 0.717) is 11.4 Å². The summed E-state index contributed by atoms with van der Waals surface area (Å²) in [6.07, 6.45) is 0. The third-order valence-corrected chi connectivity index (χ3v) is 2.64. The molecule has 0 aliphatic carbocycles. The number of carbonyl (C=O) groups is 1. The number of hydrogen-bond acceptors (Lipinski definition) is 3. The Bertz CT molecular complexity index is 404. The molecule has 88 valence electrons. The minimum absolute atomic E-state index is 0.609. The molecule has 2 N–H and O–H groups in total. The summed E-state index contributed by atoms with van der Waals surface area (Å²) in [7, 11) is 1.54. The third-order valence-electron chi connectivity index (χ3n) is 2.14. The summed E-state index contributed by atoms with van der Waals surface area (Å²) in [5, 5.41) is 11.9. The second-order valence-electron chi connectivity index (χ2n) is 3.90. The van der Waals surface area contributed by atoms with Gasteiger partial charge < -0.3 is 15.2 Å². The fourth-order valence-electron chi connectivity index (χ4n) is 1.17. The molecule has 0 saturated carbocycles. The zero-order valence-electron chi connectivity index (χ0n) is 9.37. The van der Waals surface area contributed by atoms with Gasteiger partial charge in [-0.2, -0.15) is 0 Å². The Morgan fingerprint density at radius 3 is 2.62 bits per heavy atom. The predicted octanol–water partition coefficient (Wildman–Crippen LogP) is 2.73. The molecule has 0 fully saturated rings. The zero-order chi connectivity index (χ0) is 12.3. The van der Waals surface area contributed by atoms with Gasteiger partial charge in [0, 0.05) is 4.47 Å². The molecule has 0 atom stereocenters. The van der Waals surface area contributed by atoms with Crippen LogP contribution in [0.3, 0.4) is 0 Å². The number of methoxy groups -OCH3 is 1. The fourth-order valence-corrected chi connectivity index (χ4v) is 1.53. The Morgan fingerprint density at radius 1 is 1.50 bits per heavy atom. The minimum Gasteiger partial charge on any atom is -0.495 e. The maximum absolute atomic E-state index is 11.0. The number of hydrogen-bond donors (Lipinski definition) is 2. The summed E-state index contributed by atoms with van der Waals surface area (Å²) < 4.78 is 6.01. The molecular weight excluding hydrogens is 274 g/mol. The van der Waals surface area contributed by atoms with E-state index in [2.05, 4.69) is 21.2 Å². The van der Waals surface area contributed by atoms with Crippen molar-refractivity contribution in [1.82, 2.24) is 0 Å². The standard InChI is InChI=1S/C11H14BrNO3/c1-11(2,10(14)15)13-8-6-7(12)4-5-9(8)16-3/h4-6,13H,1-3H3,(H,14,15). The molecule has 0 bridgehead atoms. The summed E-state index contributed by atoms with van der Waals surface area (Å²) >= 11 is 3.33. The summed E-state index contributed by atoms with van der Waals surface area (Å²) in [5.41, 5.74) is -0.405. The second-order valence-corrected chi connectivity index (χ2v) is 4.82. The van der Waals surface area contributed by atoms with Gasteiger partial charge in [0.05, 0.1) is 12.8 Å². The quantitative estimate of drug-likeness (QED) is 0.894. The smallest absolute Gasteiger partial charge is 0.328 e. The van der Waals surface area contributed by atoms with Gasteiger partial charge in [0.1, 0.15) is 11.3 Å². The van der Waals surface area contributed by atoms with Crippen LogP contribution in [0.15, 0.2) is 22.7 Å². The molecule has 1 aromatic rings. The van der Waals surface area contributed by atoms with E-state index in [-0.39, 0.29) is 0 Å². The highest BCUT2D eigenvalue weighted by molar-refractivity contribution is 9.10. The van der Waals surface area contributed by atoms with Gasteiger partial charge in [-0.3, -0.25) is 0 Å². The molecule has 0 heterocycles. The van der Waals surface area contributed by atoms with E-state index in [1.807, 2.05) is 6.07 Å². The average molecular weight is 288 g/mol. The SMILES string of the molecule is COc1ccc(Br)cc1NC(C)(C)C(=O)O. The van der Waals surface area contributed by atoms with Crippen molar-refractivity contribution in [2.75, 3.05) is 12.4 Å². The maximum atomic E-state index is 11.0. The number of anilines is 1. The van der Waals surface area contributed by atoms with E-state index in [0.717, 1.165) is 4.47 Å². The van der Waals surface area contributed by atoms with Crippen molar-refractivity contribution in [3.8, 4) is 5.75 Å². The summed E-state index contributed by atoms with van der Waals surface area (Å²) in [6, 6.07) is 5.38. The largest absolute Gasteiger partial charge is 0.495 e. The molecule has 1 rings (SSSR count). The highest BCUT2D eigenvalue weighted by atomic mass is 79.9. The first-order valence-corrected chi connectivity index (χ1v) is 5.51. The first kappa shape index (κ1) is 12.8. The summed E-state index contributed by atoms with van der Waals surface area (Å²) in [5.74, 6) is -0.313. The van der Waals surface area contributed by atoms with Crippen molar-refractivity contribution >= 4 is 27.6 Å². The maximum Gasteiger partial charge on any atom is 0.328 e. The number of carboxylic acid groups (broad SMARTS) is 1. The van der Waals surface area contributed by atoms with Gasteiger partial charge in [0.2, 0.25) is 0 Å². The normalized spacial score (nSPS) is 11.0. The molecule has 0 aliphatic rings. The molecule has 0 aromatic heterocycles. The van der Waals surface area contributed by atoms with Crippen LogP contribution in [-0.4, -0.2) is 23.7 Å². The van der Waals surface area contributed by atoms with Gasteiger partial charge in [0.25, 0.3) is 0 Å². The monoisotopic (exact) mass is 287 g/mol.